The number of nitrogens with one attached hydrogen (secondary N) is 2. The Morgan fingerprint density at radius 1 is 1.33 bits per heavy atom. The molecule has 7 nitrogen and oxygen atoms in total. The molecule has 1 fully saturated rings. The van der Waals surface area contributed by atoms with E-state index in [0.717, 1.165) is 57.0 Å². The van der Waals surface area contributed by atoms with Crippen LogP contribution in [0, 0.1) is 0 Å². The van der Waals surface area contributed by atoms with Gasteiger partial charge in [0.2, 0.25) is 5.88 Å². The zero-order chi connectivity index (χ0) is 18.5. The largest absolute Gasteiger partial charge is 0.478 e. The third kappa shape index (κ3) is 10.1. The standard InChI is InChI=1S/C19H32N4O3.HI/c1-3-10-26-18-8-7-16(13-22-18)14-23-19(20-2)21-9-5-11-24-15-17-6-4-12-25-17;/h7-8,13,17H,3-6,9-12,14-15H2,1-2H3,(H2,20,21,23);1H. The van der Waals surface area contributed by atoms with Crippen molar-refractivity contribution >= 4 is 29.9 Å². The van der Waals surface area contributed by atoms with Crippen LogP contribution in [-0.2, 0) is 16.0 Å². The topological polar surface area (TPSA) is 77.0 Å². The summed E-state index contributed by atoms with van der Waals surface area (Å²) in [4.78, 5) is 8.53. The van der Waals surface area contributed by atoms with Gasteiger partial charge < -0.3 is 24.8 Å². The third-order valence-electron chi connectivity index (χ3n) is 4.02. The third-order valence-corrected chi connectivity index (χ3v) is 4.02. The maximum Gasteiger partial charge on any atom is 0.213 e. The highest BCUT2D eigenvalue weighted by atomic mass is 127. The summed E-state index contributed by atoms with van der Waals surface area (Å²) in [6.07, 6.45) is 6.30. The van der Waals surface area contributed by atoms with E-state index in [1.165, 1.54) is 0 Å². The maximum absolute atomic E-state index is 5.66. The van der Waals surface area contributed by atoms with E-state index in [1.807, 2.05) is 18.3 Å². The molecule has 0 aromatic carbocycles. The Morgan fingerprint density at radius 2 is 2.22 bits per heavy atom. The van der Waals surface area contributed by atoms with Crippen molar-refractivity contribution in [2.45, 2.75) is 45.3 Å². The van der Waals surface area contributed by atoms with Gasteiger partial charge in [-0.2, -0.15) is 0 Å². The average molecular weight is 492 g/mol. The zero-order valence-corrected chi connectivity index (χ0v) is 18.7. The quantitative estimate of drug-likeness (QED) is 0.214. The SMILES string of the molecule is CCCOc1ccc(CNC(=NC)NCCCOCC2CCCO2)cn1.I. The van der Waals surface area contributed by atoms with Gasteiger partial charge in [0.1, 0.15) is 0 Å². The molecule has 1 aliphatic heterocycles. The molecular formula is C19H33IN4O3. The van der Waals surface area contributed by atoms with Gasteiger partial charge in [0, 0.05) is 45.6 Å². The van der Waals surface area contributed by atoms with E-state index in [9.17, 15) is 0 Å². The van der Waals surface area contributed by atoms with Gasteiger partial charge in [0.05, 0.1) is 19.3 Å². The number of hydrogen-bond donors (Lipinski definition) is 2. The number of ether oxygens (including phenoxy) is 3. The lowest BCUT2D eigenvalue weighted by Crippen LogP contribution is -2.37. The van der Waals surface area contributed by atoms with Crippen LogP contribution in [0.4, 0.5) is 0 Å². The summed E-state index contributed by atoms with van der Waals surface area (Å²) in [7, 11) is 1.77. The lowest BCUT2D eigenvalue weighted by Gasteiger charge is -2.13. The smallest absolute Gasteiger partial charge is 0.213 e. The number of aromatic nitrogens is 1. The monoisotopic (exact) mass is 492 g/mol. The minimum absolute atomic E-state index is 0. The second-order valence-electron chi connectivity index (χ2n) is 6.27. The van der Waals surface area contributed by atoms with E-state index < -0.39 is 0 Å². The molecule has 2 heterocycles. The van der Waals surface area contributed by atoms with Crippen LogP contribution in [0.15, 0.2) is 23.3 Å². The van der Waals surface area contributed by atoms with Crippen molar-refractivity contribution in [1.82, 2.24) is 15.6 Å². The van der Waals surface area contributed by atoms with Crippen molar-refractivity contribution in [3.8, 4) is 5.88 Å². The fourth-order valence-electron chi connectivity index (χ4n) is 2.59. The molecule has 1 saturated heterocycles. The van der Waals surface area contributed by atoms with Crippen LogP contribution in [0.25, 0.3) is 0 Å². The van der Waals surface area contributed by atoms with Gasteiger partial charge in [-0.3, -0.25) is 4.99 Å². The summed E-state index contributed by atoms with van der Waals surface area (Å²) in [5.41, 5.74) is 1.08. The number of guanidine groups is 1. The van der Waals surface area contributed by atoms with Crippen molar-refractivity contribution in [1.29, 1.82) is 0 Å². The Bertz CT molecular complexity index is 522. The van der Waals surface area contributed by atoms with Crippen LogP contribution < -0.4 is 15.4 Å². The molecule has 1 unspecified atom stereocenters. The Balaban J connectivity index is 0.00000364. The summed E-state index contributed by atoms with van der Waals surface area (Å²) in [5, 5.41) is 6.57. The Morgan fingerprint density at radius 3 is 2.89 bits per heavy atom. The minimum atomic E-state index is 0. The molecule has 1 aromatic heterocycles. The number of nitrogens with zero attached hydrogens (tertiary/aromatic N) is 2. The van der Waals surface area contributed by atoms with Crippen LogP contribution in [0.1, 0.15) is 38.2 Å². The molecule has 0 saturated carbocycles. The molecule has 2 N–H and O–H groups in total. The highest BCUT2D eigenvalue weighted by molar-refractivity contribution is 14.0. The van der Waals surface area contributed by atoms with E-state index in [0.29, 0.717) is 31.7 Å². The molecular weight excluding hydrogens is 459 g/mol. The Labute approximate surface area is 179 Å². The molecule has 1 aliphatic rings. The summed E-state index contributed by atoms with van der Waals surface area (Å²) in [5.74, 6) is 1.44. The van der Waals surface area contributed by atoms with Crippen LogP contribution in [0.2, 0.25) is 0 Å². The lowest BCUT2D eigenvalue weighted by molar-refractivity contribution is 0.0168. The van der Waals surface area contributed by atoms with Crippen molar-refractivity contribution in [2.24, 2.45) is 4.99 Å². The number of pyridine rings is 1. The van der Waals surface area contributed by atoms with Gasteiger partial charge in [-0.05, 0) is 31.2 Å². The molecule has 0 aliphatic carbocycles. The molecule has 0 spiro atoms. The molecule has 0 radical (unpaired) electrons. The predicted molar refractivity (Wildman–Crippen MR) is 118 cm³/mol. The normalized spacial score (nSPS) is 16.7. The van der Waals surface area contributed by atoms with Gasteiger partial charge >= 0.3 is 0 Å². The molecule has 1 aromatic rings. The maximum atomic E-state index is 5.66. The van der Waals surface area contributed by atoms with Gasteiger partial charge in [-0.1, -0.05) is 13.0 Å². The zero-order valence-electron chi connectivity index (χ0n) is 16.4. The number of halogens is 1. The second kappa shape index (κ2) is 14.9. The van der Waals surface area contributed by atoms with Crippen molar-refractivity contribution in [2.75, 3.05) is 40.0 Å². The number of hydrogen-bond acceptors (Lipinski definition) is 5. The van der Waals surface area contributed by atoms with E-state index in [-0.39, 0.29) is 24.0 Å². The van der Waals surface area contributed by atoms with Crippen LogP contribution in [0.3, 0.4) is 0 Å². The van der Waals surface area contributed by atoms with Gasteiger partial charge in [0.15, 0.2) is 5.96 Å². The predicted octanol–water partition coefficient (Wildman–Crippen LogP) is 2.74. The highest BCUT2D eigenvalue weighted by Crippen LogP contribution is 2.11. The van der Waals surface area contributed by atoms with E-state index in [4.69, 9.17) is 14.2 Å². The minimum Gasteiger partial charge on any atom is -0.478 e. The fourth-order valence-corrected chi connectivity index (χ4v) is 2.59. The van der Waals surface area contributed by atoms with E-state index in [1.54, 1.807) is 7.05 Å². The van der Waals surface area contributed by atoms with E-state index >= 15 is 0 Å². The van der Waals surface area contributed by atoms with Crippen molar-refractivity contribution in [3.05, 3.63) is 23.9 Å². The molecule has 27 heavy (non-hydrogen) atoms. The Kier molecular flexibility index (Phi) is 13.2. The van der Waals surface area contributed by atoms with Crippen molar-refractivity contribution in [3.63, 3.8) is 0 Å². The summed E-state index contributed by atoms with van der Waals surface area (Å²) >= 11 is 0. The van der Waals surface area contributed by atoms with Gasteiger partial charge in [-0.15, -0.1) is 24.0 Å². The summed E-state index contributed by atoms with van der Waals surface area (Å²) < 4.78 is 16.7. The molecule has 1 atom stereocenters. The summed E-state index contributed by atoms with van der Waals surface area (Å²) in [6.45, 7) is 6.56. The Hall–Kier alpha value is -1.13. The first-order chi connectivity index (χ1) is 12.8. The molecule has 0 amide bonds. The summed E-state index contributed by atoms with van der Waals surface area (Å²) in [6, 6.07) is 3.91. The number of rotatable bonds is 11. The van der Waals surface area contributed by atoms with Crippen molar-refractivity contribution < 1.29 is 14.2 Å². The first-order valence-corrected chi connectivity index (χ1v) is 9.53. The van der Waals surface area contributed by atoms with Crippen LogP contribution >= 0.6 is 24.0 Å². The van der Waals surface area contributed by atoms with Gasteiger partial charge in [0.25, 0.3) is 0 Å². The molecule has 8 heteroatoms. The second-order valence-corrected chi connectivity index (χ2v) is 6.27. The number of aliphatic imine (C=N–C) groups is 1. The van der Waals surface area contributed by atoms with Crippen LogP contribution in [-0.4, -0.2) is 57.1 Å². The first kappa shape index (κ1) is 23.9. The molecule has 0 bridgehead atoms. The molecule has 2 rings (SSSR count). The van der Waals surface area contributed by atoms with Gasteiger partial charge in [-0.25, -0.2) is 4.98 Å². The average Bonchev–Trinajstić information content (AvgIpc) is 3.19. The van der Waals surface area contributed by atoms with E-state index in [2.05, 4.69) is 27.5 Å². The molecule has 154 valence electrons. The first-order valence-electron chi connectivity index (χ1n) is 9.53. The lowest BCUT2D eigenvalue weighted by atomic mass is 10.2. The fraction of sp³-hybridized carbons (Fsp3) is 0.684. The highest BCUT2D eigenvalue weighted by Gasteiger charge is 2.14. The van der Waals surface area contributed by atoms with Crippen LogP contribution in [0.5, 0.6) is 5.88 Å².